The van der Waals surface area contributed by atoms with Crippen LogP contribution in [-0.2, 0) is 28.9 Å². The monoisotopic (exact) mass is 447 g/mol. The summed E-state index contributed by atoms with van der Waals surface area (Å²) in [6.45, 7) is 2.65. The standard InChI is InChI=1S/C26H29N3O4/c1-2-33-26(32)22(16-18-10-6-5-7-11-18)28-24(30)19-13-14-20-21(17-19)27-23-12-8-3-4-9-15-29(23)25(20)31/h5-7,10-11,13-14,17,22H,2-4,8-9,12,15-16H2,1H3,(H,28,30). The smallest absolute Gasteiger partial charge is 0.328 e. The third-order valence-corrected chi connectivity index (χ3v) is 5.99. The van der Waals surface area contributed by atoms with Crippen molar-refractivity contribution in [1.82, 2.24) is 14.9 Å². The summed E-state index contributed by atoms with van der Waals surface area (Å²) in [4.78, 5) is 43.3. The summed E-state index contributed by atoms with van der Waals surface area (Å²) in [6, 6.07) is 13.6. The van der Waals surface area contributed by atoms with Crippen LogP contribution in [0.25, 0.3) is 10.9 Å². The summed E-state index contributed by atoms with van der Waals surface area (Å²) in [7, 11) is 0. The number of benzene rings is 2. The molecule has 172 valence electrons. The molecule has 1 amide bonds. The number of aromatic nitrogens is 2. The van der Waals surface area contributed by atoms with Gasteiger partial charge in [0.05, 0.1) is 17.5 Å². The van der Waals surface area contributed by atoms with Crippen LogP contribution < -0.4 is 10.9 Å². The summed E-state index contributed by atoms with van der Waals surface area (Å²) in [5.74, 6) is -0.106. The van der Waals surface area contributed by atoms with E-state index in [9.17, 15) is 14.4 Å². The molecule has 1 unspecified atom stereocenters. The minimum atomic E-state index is -0.815. The first-order valence-corrected chi connectivity index (χ1v) is 11.6. The number of fused-ring (bicyclic) bond motifs is 2. The normalized spacial score (nSPS) is 14.6. The Bertz CT molecular complexity index is 1200. The van der Waals surface area contributed by atoms with Gasteiger partial charge >= 0.3 is 5.97 Å². The molecule has 3 aromatic rings. The minimum Gasteiger partial charge on any atom is -0.464 e. The maximum atomic E-state index is 13.0. The van der Waals surface area contributed by atoms with Crippen LogP contribution in [0, 0.1) is 0 Å². The van der Waals surface area contributed by atoms with Crippen molar-refractivity contribution in [3.63, 3.8) is 0 Å². The topological polar surface area (TPSA) is 90.3 Å². The summed E-state index contributed by atoms with van der Waals surface area (Å²) in [5, 5.41) is 3.30. The molecule has 2 heterocycles. The molecule has 7 heteroatoms. The number of ether oxygens (including phenoxy) is 1. The lowest BCUT2D eigenvalue weighted by Crippen LogP contribution is -2.43. The summed E-state index contributed by atoms with van der Waals surface area (Å²) < 4.78 is 6.95. The third kappa shape index (κ3) is 5.30. The number of carbonyl (C=O) groups excluding carboxylic acids is 2. The first kappa shape index (κ1) is 22.7. The zero-order valence-corrected chi connectivity index (χ0v) is 18.9. The Labute approximate surface area is 192 Å². The SMILES string of the molecule is CCOC(=O)C(Cc1ccccc1)NC(=O)c1ccc2c(=O)n3c(nc2c1)CCCCCC3. The second-order valence-corrected chi connectivity index (χ2v) is 8.35. The quantitative estimate of drug-likeness (QED) is 0.585. The van der Waals surface area contributed by atoms with E-state index < -0.39 is 17.9 Å². The second-order valence-electron chi connectivity index (χ2n) is 8.35. The number of esters is 1. The van der Waals surface area contributed by atoms with Crippen molar-refractivity contribution in [3.05, 3.63) is 75.8 Å². The van der Waals surface area contributed by atoms with Gasteiger partial charge in [-0.1, -0.05) is 43.2 Å². The molecule has 1 aliphatic heterocycles. The van der Waals surface area contributed by atoms with Crippen LogP contribution >= 0.6 is 0 Å². The fourth-order valence-corrected chi connectivity index (χ4v) is 4.26. The molecule has 0 saturated heterocycles. The molecule has 33 heavy (non-hydrogen) atoms. The molecule has 1 aromatic heterocycles. The molecule has 4 rings (SSSR count). The highest BCUT2D eigenvalue weighted by Gasteiger charge is 2.24. The number of hydrogen-bond donors (Lipinski definition) is 1. The average molecular weight is 448 g/mol. The molecule has 0 saturated carbocycles. The Kier molecular flexibility index (Phi) is 7.17. The fraction of sp³-hybridized carbons (Fsp3) is 0.385. The highest BCUT2D eigenvalue weighted by Crippen LogP contribution is 2.17. The fourth-order valence-electron chi connectivity index (χ4n) is 4.26. The molecule has 0 spiro atoms. The van der Waals surface area contributed by atoms with Crippen molar-refractivity contribution < 1.29 is 14.3 Å². The van der Waals surface area contributed by atoms with E-state index >= 15 is 0 Å². The van der Waals surface area contributed by atoms with E-state index in [1.807, 2.05) is 30.3 Å². The van der Waals surface area contributed by atoms with Crippen LogP contribution in [-0.4, -0.2) is 34.1 Å². The van der Waals surface area contributed by atoms with Gasteiger partial charge in [-0.3, -0.25) is 14.2 Å². The number of rotatable bonds is 6. The van der Waals surface area contributed by atoms with Gasteiger partial charge < -0.3 is 10.1 Å². The van der Waals surface area contributed by atoms with Gasteiger partial charge in [0.1, 0.15) is 11.9 Å². The molecule has 1 aliphatic rings. The Morgan fingerprint density at radius 2 is 1.88 bits per heavy atom. The Morgan fingerprint density at radius 3 is 2.67 bits per heavy atom. The third-order valence-electron chi connectivity index (χ3n) is 5.99. The second kappa shape index (κ2) is 10.4. The van der Waals surface area contributed by atoms with Gasteiger partial charge in [-0.15, -0.1) is 0 Å². The maximum Gasteiger partial charge on any atom is 0.328 e. The van der Waals surface area contributed by atoms with E-state index in [0.29, 0.717) is 29.4 Å². The van der Waals surface area contributed by atoms with Crippen molar-refractivity contribution >= 4 is 22.8 Å². The molecule has 0 bridgehead atoms. The number of amides is 1. The largest absolute Gasteiger partial charge is 0.464 e. The van der Waals surface area contributed by atoms with Crippen LogP contribution in [0.3, 0.4) is 0 Å². The van der Waals surface area contributed by atoms with E-state index in [1.165, 1.54) is 0 Å². The van der Waals surface area contributed by atoms with Gasteiger partial charge in [0.25, 0.3) is 11.5 Å². The molecule has 2 aromatic carbocycles. The Morgan fingerprint density at radius 1 is 1.09 bits per heavy atom. The molecular formula is C26H29N3O4. The van der Waals surface area contributed by atoms with Crippen molar-refractivity contribution in [1.29, 1.82) is 0 Å². The van der Waals surface area contributed by atoms with E-state index in [4.69, 9.17) is 9.72 Å². The van der Waals surface area contributed by atoms with Crippen LogP contribution in [0.5, 0.6) is 0 Å². The number of nitrogens with zero attached hydrogens (tertiary/aromatic N) is 2. The molecule has 0 aliphatic carbocycles. The summed E-state index contributed by atoms with van der Waals surface area (Å²) in [6.07, 6.45) is 5.30. The molecule has 0 radical (unpaired) electrons. The lowest BCUT2D eigenvalue weighted by molar-refractivity contribution is -0.145. The van der Waals surface area contributed by atoms with E-state index in [1.54, 1.807) is 29.7 Å². The molecule has 1 atom stereocenters. The van der Waals surface area contributed by atoms with Crippen LogP contribution in [0.2, 0.25) is 0 Å². The first-order valence-electron chi connectivity index (χ1n) is 11.6. The van der Waals surface area contributed by atoms with Crippen molar-refractivity contribution in [3.8, 4) is 0 Å². The first-order chi connectivity index (χ1) is 16.1. The maximum absolute atomic E-state index is 13.0. The molecule has 1 N–H and O–H groups in total. The molecular weight excluding hydrogens is 418 g/mol. The summed E-state index contributed by atoms with van der Waals surface area (Å²) in [5.41, 5.74) is 1.72. The van der Waals surface area contributed by atoms with Gasteiger partial charge in [-0.2, -0.15) is 0 Å². The van der Waals surface area contributed by atoms with Crippen molar-refractivity contribution in [2.75, 3.05) is 6.61 Å². The predicted octanol–water partition coefficient (Wildman–Crippen LogP) is 3.42. The van der Waals surface area contributed by atoms with Gasteiger partial charge in [-0.05, 0) is 43.5 Å². The number of hydrogen-bond acceptors (Lipinski definition) is 5. The molecule has 0 fully saturated rings. The van der Waals surface area contributed by atoms with Gasteiger partial charge in [0.15, 0.2) is 0 Å². The predicted molar refractivity (Wildman–Crippen MR) is 126 cm³/mol. The van der Waals surface area contributed by atoms with E-state index in [0.717, 1.165) is 43.5 Å². The lowest BCUT2D eigenvalue weighted by atomic mass is 10.0. The Hall–Kier alpha value is -3.48. The Balaban J connectivity index is 1.61. The van der Waals surface area contributed by atoms with Crippen LogP contribution in [0.15, 0.2) is 53.3 Å². The van der Waals surface area contributed by atoms with Crippen molar-refractivity contribution in [2.24, 2.45) is 0 Å². The number of carbonyl (C=O) groups is 2. The zero-order chi connectivity index (χ0) is 23.2. The van der Waals surface area contributed by atoms with Gasteiger partial charge in [-0.25, -0.2) is 9.78 Å². The number of aryl methyl sites for hydroxylation is 1. The highest BCUT2D eigenvalue weighted by atomic mass is 16.5. The van der Waals surface area contributed by atoms with Crippen molar-refractivity contribution in [2.45, 2.75) is 58.0 Å². The lowest BCUT2D eigenvalue weighted by Gasteiger charge is -2.18. The van der Waals surface area contributed by atoms with E-state index in [2.05, 4.69) is 5.32 Å². The van der Waals surface area contributed by atoms with Gasteiger partial charge in [0.2, 0.25) is 0 Å². The zero-order valence-electron chi connectivity index (χ0n) is 18.9. The van der Waals surface area contributed by atoms with Crippen LogP contribution in [0.1, 0.15) is 54.4 Å². The number of nitrogens with one attached hydrogen (secondary N) is 1. The molecule has 7 nitrogen and oxygen atoms in total. The highest BCUT2D eigenvalue weighted by molar-refractivity contribution is 5.99. The van der Waals surface area contributed by atoms with Crippen LogP contribution in [0.4, 0.5) is 0 Å². The van der Waals surface area contributed by atoms with E-state index in [-0.39, 0.29) is 12.2 Å². The minimum absolute atomic E-state index is 0.0580. The van der Waals surface area contributed by atoms with Gasteiger partial charge in [0, 0.05) is 24.9 Å². The summed E-state index contributed by atoms with van der Waals surface area (Å²) >= 11 is 0. The average Bonchev–Trinajstić information content (AvgIpc) is 2.80.